The highest BCUT2D eigenvalue weighted by atomic mass is 19.4. The van der Waals surface area contributed by atoms with Crippen molar-refractivity contribution in [2.45, 2.75) is 65.1 Å². The predicted octanol–water partition coefficient (Wildman–Crippen LogP) is 6.00. The average molecular weight is 740 g/mol. The van der Waals surface area contributed by atoms with Gasteiger partial charge in [-0.25, -0.2) is 24.9 Å². The van der Waals surface area contributed by atoms with E-state index in [0.29, 0.717) is 61.1 Å². The number of alkyl halides is 3. The number of nitrogens with zero attached hydrogens (tertiary/aromatic N) is 8. The molecule has 1 N–H and O–H groups in total. The number of fused-ring (bicyclic) bond motifs is 1. The lowest BCUT2D eigenvalue weighted by molar-refractivity contribution is -0.143. The fourth-order valence-electron chi connectivity index (χ4n) is 7.58. The molecule has 5 heterocycles. The number of methoxy groups -OCH3 is 1. The third-order valence-corrected chi connectivity index (χ3v) is 10.0. The van der Waals surface area contributed by atoms with Crippen LogP contribution >= 0.6 is 0 Å². The van der Waals surface area contributed by atoms with E-state index in [0.717, 1.165) is 62.9 Å². The molecule has 16 heteroatoms. The summed E-state index contributed by atoms with van der Waals surface area (Å²) in [7, 11) is 3.68. The summed E-state index contributed by atoms with van der Waals surface area (Å²) in [6.07, 6.45) is 3.31. The fourth-order valence-corrected chi connectivity index (χ4v) is 7.58. The smallest absolute Gasteiger partial charge is 0.433 e. The zero-order valence-corrected chi connectivity index (χ0v) is 31.0. The van der Waals surface area contributed by atoms with Gasteiger partial charge in [-0.15, -0.1) is 0 Å². The molecule has 1 atom stereocenters. The summed E-state index contributed by atoms with van der Waals surface area (Å²) < 4.78 is 58.0. The standard InChI is InChI=1S/C37H48F3N9O4/c1-6-52-31-17-25(16-29(44-31)37(38,39)40)26-18-28(47(4)22-36(23-51-5)11-8-9-12-36)33-35(43-26)46-34(45-33)27-19-42-30(20-41-27)49-15-14-48(21-24(49)3)13-10-32(50)53-7-2/h16-20,24H,6-15,21-23H2,1-5H3,(H,43,45,46)/t24-/m1/s1. The number of hydrogen-bond acceptors (Lipinski definition) is 12. The third-order valence-electron chi connectivity index (χ3n) is 10.0. The highest BCUT2D eigenvalue weighted by molar-refractivity contribution is 5.91. The average Bonchev–Trinajstić information content (AvgIpc) is 3.78. The quantitative estimate of drug-likeness (QED) is 0.152. The predicted molar refractivity (Wildman–Crippen MR) is 195 cm³/mol. The van der Waals surface area contributed by atoms with Gasteiger partial charge in [-0.1, -0.05) is 12.8 Å². The van der Waals surface area contributed by atoms with E-state index in [1.165, 1.54) is 6.07 Å². The van der Waals surface area contributed by atoms with Gasteiger partial charge >= 0.3 is 12.1 Å². The van der Waals surface area contributed by atoms with Crippen LogP contribution in [-0.4, -0.2) is 114 Å². The highest BCUT2D eigenvalue weighted by Crippen LogP contribution is 2.41. The van der Waals surface area contributed by atoms with Crippen molar-refractivity contribution in [1.29, 1.82) is 0 Å². The Hall–Kier alpha value is -4.57. The Morgan fingerprint density at radius 1 is 1.04 bits per heavy atom. The van der Waals surface area contributed by atoms with Crippen molar-refractivity contribution in [2.24, 2.45) is 5.41 Å². The number of aromatic amines is 1. The molecule has 0 radical (unpaired) electrons. The van der Waals surface area contributed by atoms with Crippen molar-refractivity contribution in [3.05, 3.63) is 36.3 Å². The van der Waals surface area contributed by atoms with Gasteiger partial charge in [0.15, 0.2) is 11.5 Å². The van der Waals surface area contributed by atoms with E-state index in [-0.39, 0.29) is 35.5 Å². The van der Waals surface area contributed by atoms with E-state index in [2.05, 4.69) is 31.6 Å². The first kappa shape index (κ1) is 38.2. The first-order chi connectivity index (χ1) is 25.4. The monoisotopic (exact) mass is 739 g/mol. The van der Waals surface area contributed by atoms with Crippen LogP contribution in [0.5, 0.6) is 5.88 Å². The maximum atomic E-state index is 14.0. The number of carbonyl (C=O) groups is 1. The second-order valence-electron chi connectivity index (χ2n) is 14.0. The molecule has 286 valence electrons. The molecule has 0 bridgehead atoms. The highest BCUT2D eigenvalue weighted by Gasteiger charge is 2.37. The normalized spacial score (nSPS) is 17.7. The first-order valence-electron chi connectivity index (χ1n) is 18.2. The Morgan fingerprint density at radius 2 is 1.83 bits per heavy atom. The van der Waals surface area contributed by atoms with Gasteiger partial charge in [0.05, 0.1) is 50.0 Å². The van der Waals surface area contributed by atoms with Gasteiger partial charge in [0.25, 0.3) is 0 Å². The van der Waals surface area contributed by atoms with Crippen LogP contribution in [-0.2, 0) is 20.4 Å². The second-order valence-corrected chi connectivity index (χ2v) is 14.0. The molecular formula is C37H48F3N9O4. The minimum atomic E-state index is -4.68. The number of halogens is 3. The molecule has 13 nitrogen and oxygen atoms in total. The van der Waals surface area contributed by atoms with Crippen LogP contribution in [0, 0.1) is 5.41 Å². The molecule has 0 aromatic carbocycles. The number of rotatable bonds is 14. The molecule has 0 spiro atoms. The van der Waals surface area contributed by atoms with Gasteiger partial charge in [0, 0.05) is 70.0 Å². The molecule has 1 aliphatic carbocycles. The summed E-state index contributed by atoms with van der Waals surface area (Å²) in [6, 6.07) is 4.39. The number of hydrogen-bond donors (Lipinski definition) is 1. The second kappa shape index (κ2) is 16.2. The molecule has 1 saturated carbocycles. The van der Waals surface area contributed by atoms with Gasteiger partial charge in [0.2, 0.25) is 5.88 Å². The Morgan fingerprint density at radius 3 is 2.49 bits per heavy atom. The fraction of sp³-hybridized carbons (Fsp3) is 0.568. The topological polar surface area (TPSA) is 135 Å². The molecule has 6 rings (SSSR count). The number of carbonyl (C=O) groups excluding carboxylic acids is 1. The van der Waals surface area contributed by atoms with Crippen molar-refractivity contribution in [3.8, 4) is 28.7 Å². The summed E-state index contributed by atoms with van der Waals surface area (Å²) in [6.45, 7) is 10.4. The van der Waals surface area contributed by atoms with Gasteiger partial charge in [0.1, 0.15) is 22.7 Å². The first-order valence-corrected chi connectivity index (χ1v) is 18.2. The maximum absolute atomic E-state index is 14.0. The molecule has 4 aromatic heterocycles. The van der Waals surface area contributed by atoms with Crippen LogP contribution in [0.4, 0.5) is 24.7 Å². The van der Waals surface area contributed by atoms with E-state index >= 15 is 0 Å². The molecule has 1 aliphatic heterocycles. The van der Waals surface area contributed by atoms with Crippen LogP contribution in [0.3, 0.4) is 0 Å². The molecule has 0 unspecified atom stereocenters. The number of pyridine rings is 2. The summed E-state index contributed by atoms with van der Waals surface area (Å²) in [5.41, 5.74) is 1.57. The lowest BCUT2D eigenvalue weighted by Crippen LogP contribution is -2.52. The number of imidazole rings is 1. The number of H-pyrrole nitrogens is 1. The summed E-state index contributed by atoms with van der Waals surface area (Å²) in [5.74, 6) is 0.840. The zero-order chi connectivity index (χ0) is 37.8. The van der Waals surface area contributed by atoms with Crippen LogP contribution in [0.2, 0.25) is 0 Å². The van der Waals surface area contributed by atoms with Crippen molar-refractivity contribution in [3.63, 3.8) is 0 Å². The van der Waals surface area contributed by atoms with Crippen molar-refractivity contribution in [2.75, 3.05) is 76.5 Å². The summed E-state index contributed by atoms with van der Waals surface area (Å²) >= 11 is 0. The zero-order valence-electron chi connectivity index (χ0n) is 31.0. The Kier molecular flexibility index (Phi) is 11.7. The van der Waals surface area contributed by atoms with E-state index in [1.807, 2.05) is 7.05 Å². The Balaban J connectivity index is 1.32. The van der Waals surface area contributed by atoms with Gasteiger partial charge in [-0.05, 0) is 45.7 Å². The number of aromatic nitrogens is 6. The number of esters is 1. The SMILES string of the molecule is CCOC(=O)CCN1CCN(c2cnc(-c3nc4nc(-c5cc(OCC)nc(C(F)(F)F)c5)cc(N(C)CC5(COC)CCCC5)c4[nH]3)cn2)[C@H](C)C1. The van der Waals surface area contributed by atoms with Crippen molar-refractivity contribution in [1.82, 2.24) is 34.8 Å². The van der Waals surface area contributed by atoms with Crippen LogP contribution in [0.15, 0.2) is 30.6 Å². The van der Waals surface area contributed by atoms with E-state index < -0.39 is 11.9 Å². The van der Waals surface area contributed by atoms with E-state index in [4.69, 9.17) is 34.1 Å². The Labute approximate surface area is 307 Å². The third kappa shape index (κ3) is 8.81. The number of piperazine rings is 1. The molecular weight excluding hydrogens is 691 g/mol. The Bertz CT molecular complexity index is 1860. The molecule has 0 amide bonds. The summed E-state index contributed by atoms with van der Waals surface area (Å²) in [5, 5.41) is 0. The van der Waals surface area contributed by atoms with E-state index in [1.54, 1.807) is 39.4 Å². The van der Waals surface area contributed by atoms with Crippen molar-refractivity contribution >= 4 is 28.6 Å². The molecule has 1 saturated heterocycles. The lowest BCUT2D eigenvalue weighted by atomic mass is 9.86. The number of anilines is 2. The minimum Gasteiger partial charge on any atom is -0.478 e. The van der Waals surface area contributed by atoms with Gasteiger partial charge in [-0.3, -0.25) is 9.69 Å². The minimum absolute atomic E-state index is 0.0603. The number of nitrogens with one attached hydrogen (secondary N) is 1. The molecule has 2 aliphatic rings. The van der Waals surface area contributed by atoms with Crippen LogP contribution in [0.25, 0.3) is 33.9 Å². The maximum Gasteiger partial charge on any atom is 0.433 e. The van der Waals surface area contributed by atoms with Gasteiger partial charge < -0.3 is 29.0 Å². The number of ether oxygens (including phenoxy) is 3. The van der Waals surface area contributed by atoms with Crippen LogP contribution < -0.4 is 14.5 Å². The lowest BCUT2D eigenvalue weighted by Gasteiger charge is -2.40. The molecule has 2 fully saturated rings. The summed E-state index contributed by atoms with van der Waals surface area (Å²) in [4.78, 5) is 44.5. The largest absolute Gasteiger partial charge is 0.478 e. The molecule has 53 heavy (non-hydrogen) atoms. The molecule has 4 aromatic rings. The van der Waals surface area contributed by atoms with Crippen LogP contribution in [0.1, 0.15) is 58.6 Å². The van der Waals surface area contributed by atoms with E-state index in [9.17, 15) is 18.0 Å². The van der Waals surface area contributed by atoms with Crippen molar-refractivity contribution < 1.29 is 32.2 Å². The van der Waals surface area contributed by atoms with Gasteiger partial charge in [-0.2, -0.15) is 13.2 Å².